The lowest BCUT2D eigenvalue weighted by Crippen LogP contribution is -2.49. The second kappa shape index (κ2) is 5.16. The summed E-state index contributed by atoms with van der Waals surface area (Å²) in [5.41, 5.74) is -0.216. The van der Waals surface area contributed by atoms with Gasteiger partial charge in [-0.2, -0.15) is 0 Å². The molecule has 0 aliphatic carbocycles. The molecule has 5 heteroatoms. The van der Waals surface area contributed by atoms with Crippen molar-refractivity contribution in [3.63, 3.8) is 0 Å². The molecule has 1 fully saturated rings. The molecule has 0 amide bonds. The lowest BCUT2D eigenvalue weighted by Gasteiger charge is -2.41. The fraction of sp³-hybridized carbons (Fsp3) is 0.750. The Morgan fingerprint density at radius 1 is 1.53 bits per heavy atom. The van der Waals surface area contributed by atoms with Crippen molar-refractivity contribution in [2.24, 2.45) is 7.05 Å². The molecule has 1 aliphatic rings. The topological polar surface area (TPSA) is 48.3 Å². The molecule has 2 rings (SSSR count). The van der Waals surface area contributed by atoms with Crippen molar-refractivity contribution < 1.29 is 9.47 Å². The fourth-order valence-electron chi connectivity index (χ4n) is 2.61. The Balaban J connectivity index is 2.29. The van der Waals surface area contributed by atoms with E-state index in [1.807, 2.05) is 31.1 Å². The van der Waals surface area contributed by atoms with Gasteiger partial charge in [0.1, 0.15) is 5.82 Å². The standard InChI is InChI=1S/C12H21N3O2/c1-13-10(11-14-6-7-15(11)2)12(16-3)4-8-17-9-5-12/h6-7,10,13H,4-5,8-9H2,1-3H3. The molecule has 0 aromatic carbocycles. The second-order valence-corrected chi connectivity index (χ2v) is 4.50. The summed E-state index contributed by atoms with van der Waals surface area (Å²) in [6.45, 7) is 1.49. The Bertz CT molecular complexity index is 358. The van der Waals surface area contributed by atoms with Crippen molar-refractivity contribution >= 4 is 0 Å². The largest absolute Gasteiger partial charge is 0.381 e. The van der Waals surface area contributed by atoms with Crippen LogP contribution in [-0.2, 0) is 16.5 Å². The molecular formula is C12H21N3O2. The number of methoxy groups -OCH3 is 1. The van der Waals surface area contributed by atoms with Gasteiger partial charge in [0.05, 0.1) is 11.6 Å². The lowest BCUT2D eigenvalue weighted by atomic mass is 9.85. The predicted molar refractivity (Wildman–Crippen MR) is 64.8 cm³/mol. The van der Waals surface area contributed by atoms with Crippen LogP contribution in [0, 0.1) is 0 Å². The number of ether oxygens (including phenoxy) is 2. The highest BCUT2D eigenvalue weighted by molar-refractivity contribution is 5.08. The van der Waals surface area contributed by atoms with Gasteiger partial charge in [0.2, 0.25) is 0 Å². The van der Waals surface area contributed by atoms with Gasteiger partial charge in [0.25, 0.3) is 0 Å². The summed E-state index contributed by atoms with van der Waals surface area (Å²) in [6, 6.07) is 0.0939. The molecule has 1 aromatic heterocycles. The van der Waals surface area contributed by atoms with Crippen LogP contribution in [0.25, 0.3) is 0 Å². The van der Waals surface area contributed by atoms with Gasteiger partial charge in [-0.05, 0) is 7.05 Å². The molecule has 0 spiro atoms. The predicted octanol–water partition coefficient (Wildman–Crippen LogP) is 0.876. The quantitative estimate of drug-likeness (QED) is 0.847. The van der Waals surface area contributed by atoms with Crippen molar-refractivity contribution in [1.82, 2.24) is 14.9 Å². The van der Waals surface area contributed by atoms with Gasteiger partial charge in [-0.25, -0.2) is 4.98 Å². The van der Waals surface area contributed by atoms with Crippen LogP contribution >= 0.6 is 0 Å². The molecule has 1 atom stereocenters. The first kappa shape index (κ1) is 12.5. The molecule has 5 nitrogen and oxygen atoms in total. The van der Waals surface area contributed by atoms with E-state index in [0.717, 1.165) is 31.9 Å². The van der Waals surface area contributed by atoms with Gasteiger partial charge >= 0.3 is 0 Å². The average Bonchev–Trinajstić information content (AvgIpc) is 2.78. The molecule has 17 heavy (non-hydrogen) atoms. The maximum atomic E-state index is 5.81. The number of nitrogens with one attached hydrogen (secondary N) is 1. The van der Waals surface area contributed by atoms with E-state index in [4.69, 9.17) is 9.47 Å². The Kier molecular flexibility index (Phi) is 3.81. The molecule has 1 aromatic rings. The Labute approximate surface area is 102 Å². The van der Waals surface area contributed by atoms with Crippen molar-refractivity contribution in [3.8, 4) is 0 Å². The summed E-state index contributed by atoms with van der Waals surface area (Å²) in [7, 11) is 5.74. The molecule has 0 saturated carbocycles. The van der Waals surface area contributed by atoms with Crippen LogP contribution < -0.4 is 5.32 Å². The number of likely N-dealkylation sites (N-methyl/N-ethyl adjacent to an activating group) is 1. The lowest BCUT2D eigenvalue weighted by molar-refractivity contribution is -0.112. The fourth-order valence-corrected chi connectivity index (χ4v) is 2.61. The third kappa shape index (κ3) is 2.22. The van der Waals surface area contributed by atoms with Crippen molar-refractivity contribution in [2.75, 3.05) is 27.4 Å². The maximum absolute atomic E-state index is 5.81. The highest BCUT2D eigenvalue weighted by Gasteiger charge is 2.42. The monoisotopic (exact) mass is 239 g/mol. The summed E-state index contributed by atoms with van der Waals surface area (Å²) < 4.78 is 13.3. The molecule has 1 N–H and O–H groups in total. The summed E-state index contributed by atoms with van der Waals surface area (Å²) in [4.78, 5) is 4.43. The smallest absolute Gasteiger partial charge is 0.128 e. The van der Waals surface area contributed by atoms with Crippen LogP contribution in [-0.4, -0.2) is 42.5 Å². The zero-order valence-electron chi connectivity index (χ0n) is 10.8. The summed E-state index contributed by atoms with van der Waals surface area (Å²) >= 11 is 0. The number of aromatic nitrogens is 2. The Morgan fingerprint density at radius 2 is 2.24 bits per heavy atom. The number of aryl methyl sites for hydroxylation is 1. The number of imidazole rings is 1. The average molecular weight is 239 g/mol. The first-order valence-electron chi connectivity index (χ1n) is 6.01. The summed E-state index contributed by atoms with van der Waals surface area (Å²) in [5, 5.41) is 3.34. The maximum Gasteiger partial charge on any atom is 0.128 e. The third-order valence-electron chi connectivity index (χ3n) is 3.68. The minimum atomic E-state index is -0.216. The van der Waals surface area contributed by atoms with E-state index in [1.165, 1.54) is 0 Å². The number of hydrogen-bond acceptors (Lipinski definition) is 4. The van der Waals surface area contributed by atoms with E-state index in [1.54, 1.807) is 7.11 Å². The van der Waals surface area contributed by atoms with E-state index in [9.17, 15) is 0 Å². The van der Waals surface area contributed by atoms with E-state index in [2.05, 4.69) is 10.3 Å². The highest BCUT2D eigenvalue weighted by Crippen LogP contribution is 2.36. The second-order valence-electron chi connectivity index (χ2n) is 4.50. The molecule has 2 heterocycles. The molecule has 1 aliphatic heterocycles. The number of hydrogen-bond donors (Lipinski definition) is 1. The molecule has 1 saturated heterocycles. The van der Waals surface area contributed by atoms with Crippen LogP contribution in [0.1, 0.15) is 24.7 Å². The van der Waals surface area contributed by atoms with Gasteiger partial charge in [-0.15, -0.1) is 0 Å². The Morgan fingerprint density at radius 3 is 2.71 bits per heavy atom. The normalized spacial score (nSPS) is 21.4. The van der Waals surface area contributed by atoms with Gasteiger partial charge in [0, 0.05) is 52.6 Å². The first-order chi connectivity index (χ1) is 8.23. The van der Waals surface area contributed by atoms with Crippen LogP contribution in [0.2, 0.25) is 0 Å². The minimum Gasteiger partial charge on any atom is -0.381 e. The molecule has 1 unspecified atom stereocenters. The highest BCUT2D eigenvalue weighted by atomic mass is 16.5. The zero-order valence-corrected chi connectivity index (χ0v) is 10.8. The SMILES string of the molecule is CNC(c1nccn1C)C1(OC)CCOCC1. The molecule has 0 radical (unpaired) electrons. The van der Waals surface area contributed by atoms with Crippen molar-refractivity contribution in [2.45, 2.75) is 24.5 Å². The van der Waals surface area contributed by atoms with E-state index >= 15 is 0 Å². The summed E-state index contributed by atoms with van der Waals surface area (Å²) in [6.07, 6.45) is 5.56. The van der Waals surface area contributed by atoms with Gasteiger partial charge < -0.3 is 19.4 Å². The van der Waals surface area contributed by atoms with Crippen LogP contribution in [0.5, 0.6) is 0 Å². The summed E-state index contributed by atoms with van der Waals surface area (Å²) in [5.74, 6) is 1.01. The van der Waals surface area contributed by atoms with E-state index in [0.29, 0.717) is 0 Å². The molecular weight excluding hydrogens is 218 g/mol. The van der Waals surface area contributed by atoms with Crippen LogP contribution in [0.15, 0.2) is 12.4 Å². The van der Waals surface area contributed by atoms with Crippen molar-refractivity contribution in [1.29, 1.82) is 0 Å². The number of rotatable bonds is 4. The van der Waals surface area contributed by atoms with Gasteiger partial charge in [0.15, 0.2) is 0 Å². The van der Waals surface area contributed by atoms with E-state index < -0.39 is 0 Å². The Hall–Kier alpha value is -0.910. The molecule has 96 valence electrons. The minimum absolute atomic E-state index is 0.0939. The van der Waals surface area contributed by atoms with Gasteiger partial charge in [-0.1, -0.05) is 0 Å². The first-order valence-corrected chi connectivity index (χ1v) is 6.01. The number of nitrogens with zero attached hydrogens (tertiary/aromatic N) is 2. The third-order valence-corrected chi connectivity index (χ3v) is 3.68. The molecule has 0 bridgehead atoms. The van der Waals surface area contributed by atoms with E-state index in [-0.39, 0.29) is 11.6 Å². The zero-order chi connectivity index (χ0) is 12.3. The van der Waals surface area contributed by atoms with Gasteiger partial charge in [-0.3, -0.25) is 0 Å². The van der Waals surface area contributed by atoms with Crippen LogP contribution in [0.3, 0.4) is 0 Å². The van der Waals surface area contributed by atoms with Crippen molar-refractivity contribution in [3.05, 3.63) is 18.2 Å². The van der Waals surface area contributed by atoms with Crippen LogP contribution in [0.4, 0.5) is 0 Å².